The van der Waals surface area contributed by atoms with Crippen molar-refractivity contribution < 1.29 is 18.3 Å². The van der Waals surface area contributed by atoms with Crippen LogP contribution in [-0.2, 0) is 6.18 Å². The lowest BCUT2D eigenvalue weighted by atomic mass is 9.98. The number of alkyl halides is 3. The highest BCUT2D eigenvalue weighted by atomic mass is 35.5. The smallest absolute Gasteiger partial charge is 0.396 e. The Morgan fingerprint density at radius 1 is 1.36 bits per heavy atom. The summed E-state index contributed by atoms with van der Waals surface area (Å²) in [6, 6.07) is 0.879. The Bertz CT molecular complexity index is 491. The summed E-state index contributed by atoms with van der Waals surface area (Å²) in [5.74, 6) is 0.648. The normalized spacial score (nSPS) is 17.7. The fourth-order valence-electron chi connectivity index (χ4n) is 2.45. The maximum Gasteiger partial charge on any atom is 0.417 e. The molecular formula is C14H19ClF3N3O. The number of halogens is 4. The van der Waals surface area contributed by atoms with E-state index in [-0.39, 0.29) is 17.4 Å². The summed E-state index contributed by atoms with van der Waals surface area (Å²) >= 11 is 5.83. The van der Waals surface area contributed by atoms with Crippen LogP contribution in [0.5, 0.6) is 0 Å². The SMILES string of the molecule is OCC1CCN(CCNc2ncc(C(F)(F)F)cc2Cl)CC1. The van der Waals surface area contributed by atoms with Crippen molar-refractivity contribution in [1.82, 2.24) is 9.88 Å². The van der Waals surface area contributed by atoms with Gasteiger partial charge >= 0.3 is 6.18 Å². The fraction of sp³-hybridized carbons (Fsp3) is 0.643. The van der Waals surface area contributed by atoms with Gasteiger partial charge in [-0.1, -0.05) is 11.6 Å². The van der Waals surface area contributed by atoms with E-state index in [1.165, 1.54) is 0 Å². The highest BCUT2D eigenvalue weighted by molar-refractivity contribution is 6.32. The van der Waals surface area contributed by atoms with Gasteiger partial charge in [0, 0.05) is 25.9 Å². The highest BCUT2D eigenvalue weighted by Crippen LogP contribution is 2.32. The zero-order valence-corrected chi connectivity index (χ0v) is 12.8. The van der Waals surface area contributed by atoms with Crippen LogP contribution in [0.4, 0.5) is 19.0 Å². The molecule has 0 aliphatic carbocycles. The third-order valence-corrected chi connectivity index (χ3v) is 4.14. The molecule has 8 heteroatoms. The number of aliphatic hydroxyl groups is 1. The zero-order valence-electron chi connectivity index (χ0n) is 12.0. The van der Waals surface area contributed by atoms with E-state index < -0.39 is 11.7 Å². The molecule has 124 valence electrons. The molecule has 0 bridgehead atoms. The standard InChI is InChI=1S/C14H19ClF3N3O/c15-12-7-11(14(16,17)18)8-20-13(12)19-3-6-21-4-1-10(9-22)2-5-21/h7-8,10,22H,1-6,9H2,(H,19,20). The van der Waals surface area contributed by atoms with E-state index in [0.29, 0.717) is 12.5 Å². The molecule has 0 amide bonds. The second-order valence-electron chi connectivity index (χ2n) is 5.45. The maximum atomic E-state index is 12.5. The monoisotopic (exact) mass is 337 g/mol. The molecule has 0 atom stereocenters. The minimum Gasteiger partial charge on any atom is -0.396 e. The van der Waals surface area contributed by atoms with Crippen LogP contribution in [0.3, 0.4) is 0 Å². The molecule has 2 heterocycles. The minimum absolute atomic E-state index is 0.0335. The summed E-state index contributed by atoms with van der Waals surface area (Å²) in [6.07, 6.45) is -1.72. The van der Waals surface area contributed by atoms with Crippen LogP contribution in [-0.4, -0.2) is 47.8 Å². The van der Waals surface area contributed by atoms with Crippen molar-refractivity contribution in [3.05, 3.63) is 22.8 Å². The third-order valence-electron chi connectivity index (χ3n) is 3.85. The van der Waals surface area contributed by atoms with Crippen LogP contribution in [0.2, 0.25) is 5.02 Å². The lowest BCUT2D eigenvalue weighted by Gasteiger charge is -2.31. The fourth-order valence-corrected chi connectivity index (χ4v) is 2.68. The second kappa shape index (κ2) is 7.48. The van der Waals surface area contributed by atoms with E-state index in [1.54, 1.807) is 0 Å². The van der Waals surface area contributed by atoms with Crippen molar-refractivity contribution in [2.24, 2.45) is 5.92 Å². The average molecular weight is 338 g/mol. The topological polar surface area (TPSA) is 48.4 Å². The van der Waals surface area contributed by atoms with Crippen LogP contribution < -0.4 is 5.32 Å². The Kier molecular flexibility index (Phi) is 5.88. The molecule has 1 aromatic heterocycles. The Balaban J connectivity index is 1.80. The van der Waals surface area contributed by atoms with Crippen LogP contribution in [0.1, 0.15) is 18.4 Å². The number of nitrogens with one attached hydrogen (secondary N) is 1. The highest BCUT2D eigenvalue weighted by Gasteiger charge is 2.31. The number of hydrogen-bond donors (Lipinski definition) is 2. The first kappa shape index (κ1) is 17.3. The molecule has 22 heavy (non-hydrogen) atoms. The summed E-state index contributed by atoms with van der Waals surface area (Å²) in [7, 11) is 0. The van der Waals surface area contributed by atoms with Gasteiger partial charge in [-0.25, -0.2) is 4.98 Å². The summed E-state index contributed by atoms with van der Waals surface area (Å²) in [5.41, 5.74) is -0.853. The summed E-state index contributed by atoms with van der Waals surface area (Å²) in [6.45, 7) is 3.39. The predicted molar refractivity (Wildman–Crippen MR) is 79.0 cm³/mol. The average Bonchev–Trinajstić information content (AvgIpc) is 2.48. The molecule has 1 aliphatic rings. The number of rotatable bonds is 5. The Labute approximate surface area is 132 Å². The van der Waals surface area contributed by atoms with E-state index in [1.807, 2.05) is 0 Å². The Hall–Kier alpha value is -1.05. The lowest BCUT2D eigenvalue weighted by molar-refractivity contribution is -0.137. The van der Waals surface area contributed by atoms with Crippen LogP contribution in [0, 0.1) is 5.92 Å². The molecule has 0 saturated carbocycles. The molecule has 1 aromatic rings. The van der Waals surface area contributed by atoms with Crippen molar-refractivity contribution in [1.29, 1.82) is 0 Å². The number of aromatic nitrogens is 1. The van der Waals surface area contributed by atoms with Gasteiger partial charge < -0.3 is 15.3 Å². The van der Waals surface area contributed by atoms with Crippen molar-refractivity contribution in [2.45, 2.75) is 19.0 Å². The van der Waals surface area contributed by atoms with E-state index in [4.69, 9.17) is 16.7 Å². The molecular weight excluding hydrogens is 319 g/mol. The van der Waals surface area contributed by atoms with Crippen molar-refractivity contribution in [2.75, 3.05) is 38.1 Å². The second-order valence-corrected chi connectivity index (χ2v) is 5.85. The van der Waals surface area contributed by atoms with Crippen molar-refractivity contribution in [3.8, 4) is 0 Å². The molecule has 0 spiro atoms. The molecule has 1 aliphatic heterocycles. The first-order valence-electron chi connectivity index (χ1n) is 7.20. The number of aliphatic hydroxyl groups excluding tert-OH is 1. The van der Waals surface area contributed by atoms with E-state index >= 15 is 0 Å². The Morgan fingerprint density at radius 3 is 2.59 bits per heavy atom. The summed E-state index contributed by atoms with van der Waals surface area (Å²) in [4.78, 5) is 5.99. The van der Waals surface area contributed by atoms with Gasteiger partial charge in [0.1, 0.15) is 5.82 Å². The molecule has 2 N–H and O–H groups in total. The van der Waals surface area contributed by atoms with Crippen LogP contribution >= 0.6 is 11.6 Å². The van der Waals surface area contributed by atoms with Gasteiger partial charge in [0.25, 0.3) is 0 Å². The van der Waals surface area contributed by atoms with Gasteiger partial charge in [0.15, 0.2) is 0 Å². The molecule has 0 unspecified atom stereocenters. The van der Waals surface area contributed by atoms with E-state index in [2.05, 4.69) is 15.2 Å². The van der Waals surface area contributed by atoms with Gasteiger partial charge in [-0.3, -0.25) is 0 Å². The van der Waals surface area contributed by atoms with Crippen molar-refractivity contribution >= 4 is 17.4 Å². The number of hydrogen-bond acceptors (Lipinski definition) is 4. The van der Waals surface area contributed by atoms with E-state index in [9.17, 15) is 13.2 Å². The number of nitrogens with zero attached hydrogens (tertiary/aromatic N) is 2. The molecule has 1 saturated heterocycles. The van der Waals surface area contributed by atoms with Crippen LogP contribution in [0.15, 0.2) is 12.3 Å². The van der Waals surface area contributed by atoms with Crippen molar-refractivity contribution in [3.63, 3.8) is 0 Å². The lowest BCUT2D eigenvalue weighted by Crippen LogP contribution is -2.37. The number of pyridine rings is 1. The Morgan fingerprint density at radius 2 is 2.05 bits per heavy atom. The first-order chi connectivity index (χ1) is 10.4. The van der Waals surface area contributed by atoms with Gasteiger partial charge in [0.05, 0.1) is 10.6 Å². The number of anilines is 1. The predicted octanol–water partition coefficient (Wildman–Crippen LogP) is 2.87. The maximum absolute atomic E-state index is 12.5. The summed E-state index contributed by atoms with van der Waals surface area (Å²) < 4.78 is 37.5. The number of likely N-dealkylation sites (tertiary alicyclic amines) is 1. The largest absolute Gasteiger partial charge is 0.417 e. The quantitative estimate of drug-likeness (QED) is 0.867. The zero-order chi connectivity index (χ0) is 16.2. The molecule has 0 radical (unpaired) electrons. The van der Waals surface area contributed by atoms with Gasteiger partial charge in [-0.05, 0) is 37.9 Å². The summed E-state index contributed by atoms with van der Waals surface area (Å²) in [5, 5.41) is 12.0. The van der Waals surface area contributed by atoms with Gasteiger partial charge in [-0.2, -0.15) is 13.2 Å². The number of piperidine rings is 1. The molecule has 1 fully saturated rings. The van der Waals surface area contributed by atoms with Gasteiger partial charge in [-0.15, -0.1) is 0 Å². The molecule has 2 rings (SSSR count). The van der Waals surface area contributed by atoms with E-state index in [0.717, 1.165) is 44.7 Å². The van der Waals surface area contributed by atoms with Crippen LogP contribution in [0.25, 0.3) is 0 Å². The third kappa shape index (κ3) is 4.72. The van der Waals surface area contributed by atoms with Gasteiger partial charge in [0.2, 0.25) is 0 Å². The minimum atomic E-state index is -4.44. The molecule has 4 nitrogen and oxygen atoms in total. The first-order valence-corrected chi connectivity index (χ1v) is 7.57. The molecule has 0 aromatic carbocycles.